The van der Waals surface area contributed by atoms with Crippen LogP contribution in [0.1, 0.15) is 24.3 Å². The van der Waals surface area contributed by atoms with Crippen molar-refractivity contribution in [3.8, 4) is 16.9 Å². The van der Waals surface area contributed by atoms with Gasteiger partial charge in [0, 0.05) is 23.7 Å². The summed E-state index contributed by atoms with van der Waals surface area (Å²) in [6, 6.07) is 7.47. The van der Waals surface area contributed by atoms with E-state index in [2.05, 4.69) is 15.6 Å². The van der Waals surface area contributed by atoms with Crippen molar-refractivity contribution in [2.75, 3.05) is 18.5 Å². The third kappa shape index (κ3) is 2.93. The predicted octanol–water partition coefficient (Wildman–Crippen LogP) is 2.73. The van der Waals surface area contributed by atoms with Gasteiger partial charge >= 0.3 is 0 Å². The van der Waals surface area contributed by atoms with Crippen molar-refractivity contribution in [3.05, 3.63) is 41.0 Å². The molecule has 1 aromatic carbocycles. The molecule has 0 spiro atoms. The van der Waals surface area contributed by atoms with Gasteiger partial charge in [-0.2, -0.15) is 0 Å². The Hall–Kier alpha value is -2.60. The Kier molecular flexibility index (Phi) is 4.05. The highest BCUT2D eigenvalue weighted by Crippen LogP contribution is 2.39. The molecule has 2 aliphatic heterocycles. The lowest BCUT2D eigenvalue weighted by Crippen LogP contribution is -2.39. The van der Waals surface area contributed by atoms with Crippen molar-refractivity contribution < 1.29 is 14.3 Å². The molecular formula is C18H16ClN3O3. The van der Waals surface area contributed by atoms with E-state index in [1.807, 2.05) is 24.3 Å². The van der Waals surface area contributed by atoms with Crippen LogP contribution in [0.5, 0.6) is 5.75 Å². The Balaban J connectivity index is 1.72. The van der Waals surface area contributed by atoms with Gasteiger partial charge in [0.25, 0.3) is 0 Å². The number of benzene rings is 1. The maximum Gasteiger partial charge on any atom is 0.234 e. The van der Waals surface area contributed by atoms with Crippen LogP contribution in [0.4, 0.5) is 5.82 Å². The zero-order chi connectivity index (χ0) is 17.4. The SMILES string of the molecule is O=C1CCC(c2cccc(-c3cnc4c(c3)OCCN4)c2Cl)C(=O)N1. The van der Waals surface area contributed by atoms with E-state index in [1.165, 1.54) is 0 Å². The zero-order valence-electron chi connectivity index (χ0n) is 13.3. The number of anilines is 1. The fourth-order valence-electron chi connectivity index (χ4n) is 3.20. The van der Waals surface area contributed by atoms with Crippen LogP contribution < -0.4 is 15.4 Å². The summed E-state index contributed by atoms with van der Waals surface area (Å²) in [6.45, 7) is 1.31. The average molecular weight is 358 g/mol. The highest BCUT2D eigenvalue weighted by Gasteiger charge is 2.30. The van der Waals surface area contributed by atoms with E-state index in [4.69, 9.17) is 16.3 Å². The van der Waals surface area contributed by atoms with Crippen LogP contribution in [-0.2, 0) is 9.59 Å². The lowest BCUT2D eigenvalue weighted by molar-refractivity contribution is -0.134. The first-order valence-electron chi connectivity index (χ1n) is 8.12. The first kappa shape index (κ1) is 15.9. The molecule has 128 valence electrons. The average Bonchev–Trinajstić information content (AvgIpc) is 2.62. The summed E-state index contributed by atoms with van der Waals surface area (Å²) in [6.07, 6.45) is 2.51. The summed E-state index contributed by atoms with van der Waals surface area (Å²) in [4.78, 5) is 27.9. The fourth-order valence-corrected chi connectivity index (χ4v) is 3.56. The first-order chi connectivity index (χ1) is 12.1. The minimum atomic E-state index is -0.423. The molecule has 6 nitrogen and oxygen atoms in total. The second-order valence-electron chi connectivity index (χ2n) is 6.06. The fraction of sp³-hybridized carbons (Fsp3) is 0.278. The Bertz CT molecular complexity index is 869. The number of imide groups is 1. The molecule has 1 saturated heterocycles. The Morgan fingerprint density at radius 2 is 2.16 bits per heavy atom. The Morgan fingerprint density at radius 1 is 1.28 bits per heavy atom. The molecule has 2 aliphatic rings. The number of pyridine rings is 1. The molecule has 2 N–H and O–H groups in total. The number of fused-ring (bicyclic) bond motifs is 1. The minimum Gasteiger partial charge on any atom is -0.488 e. The van der Waals surface area contributed by atoms with Crippen molar-refractivity contribution in [1.82, 2.24) is 10.3 Å². The number of rotatable bonds is 2. The van der Waals surface area contributed by atoms with E-state index in [0.717, 1.165) is 23.2 Å². The van der Waals surface area contributed by atoms with Gasteiger partial charge in [0.05, 0.1) is 17.5 Å². The summed E-state index contributed by atoms with van der Waals surface area (Å²) in [5.41, 5.74) is 2.33. The lowest BCUT2D eigenvalue weighted by Gasteiger charge is -2.23. The van der Waals surface area contributed by atoms with Gasteiger partial charge in [-0.1, -0.05) is 29.8 Å². The minimum absolute atomic E-state index is 0.239. The van der Waals surface area contributed by atoms with Crippen molar-refractivity contribution in [2.24, 2.45) is 0 Å². The smallest absolute Gasteiger partial charge is 0.234 e. The summed E-state index contributed by atoms with van der Waals surface area (Å²) < 4.78 is 5.63. The van der Waals surface area contributed by atoms with Gasteiger partial charge in [0.2, 0.25) is 11.8 Å². The van der Waals surface area contributed by atoms with E-state index in [9.17, 15) is 9.59 Å². The number of carbonyl (C=O) groups excluding carboxylic acids is 2. The quantitative estimate of drug-likeness (QED) is 0.808. The summed E-state index contributed by atoms with van der Waals surface area (Å²) in [5, 5.41) is 6.06. The highest BCUT2D eigenvalue weighted by atomic mass is 35.5. The molecule has 0 aliphatic carbocycles. The molecule has 1 aromatic heterocycles. The number of carbonyl (C=O) groups is 2. The maximum absolute atomic E-state index is 12.2. The molecule has 0 saturated carbocycles. The topological polar surface area (TPSA) is 80.3 Å². The number of halogens is 1. The molecule has 0 bridgehead atoms. The van der Waals surface area contributed by atoms with Crippen LogP contribution in [0.3, 0.4) is 0 Å². The molecule has 7 heteroatoms. The third-order valence-corrected chi connectivity index (χ3v) is 4.88. The third-order valence-electron chi connectivity index (χ3n) is 4.46. The Labute approximate surface area is 149 Å². The molecule has 25 heavy (non-hydrogen) atoms. The molecule has 3 heterocycles. The maximum atomic E-state index is 12.2. The van der Waals surface area contributed by atoms with Gasteiger partial charge < -0.3 is 10.1 Å². The Morgan fingerprint density at radius 3 is 3.00 bits per heavy atom. The normalized spacial score (nSPS) is 19.5. The van der Waals surface area contributed by atoms with Crippen LogP contribution in [0, 0.1) is 0 Å². The summed E-state index contributed by atoms with van der Waals surface area (Å²) in [5.74, 6) is 0.441. The molecule has 2 aromatic rings. The largest absolute Gasteiger partial charge is 0.488 e. The van der Waals surface area contributed by atoms with E-state index >= 15 is 0 Å². The van der Waals surface area contributed by atoms with Crippen molar-refractivity contribution in [2.45, 2.75) is 18.8 Å². The van der Waals surface area contributed by atoms with Crippen LogP contribution in [-0.4, -0.2) is 29.9 Å². The van der Waals surface area contributed by atoms with Gasteiger partial charge in [-0.3, -0.25) is 14.9 Å². The van der Waals surface area contributed by atoms with Crippen molar-refractivity contribution in [3.63, 3.8) is 0 Å². The number of piperidine rings is 1. The van der Waals surface area contributed by atoms with E-state index in [0.29, 0.717) is 36.0 Å². The number of ether oxygens (including phenoxy) is 1. The highest BCUT2D eigenvalue weighted by molar-refractivity contribution is 6.34. The number of aromatic nitrogens is 1. The van der Waals surface area contributed by atoms with E-state index in [1.54, 1.807) is 6.20 Å². The number of amides is 2. The van der Waals surface area contributed by atoms with Crippen LogP contribution in [0.15, 0.2) is 30.5 Å². The van der Waals surface area contributed by atoms with E-state index < -0.39 is 5.92 Å². The molecule has 4 rings (SSSR count). The second-order valence-corrected chi connectivity index (χ2v) is 6.44. The first-order valence-corrected chi connectivity index (χ1v) is 8.50. The van der Waals surface area contributed by atoms with Gasteiger partial charge in [0.1, 0.15) is 6.61 Å². The summed E-state index contributed by atoms with van der Waals surface area (Å²) in [7, 11) is 0. The van der Waals surface area contributed by atoms with Gasteiger partial charge in [-0.25, -0.2) is 4.98 Å². The number of hydrogen-bond donors (Lipinski definition) is 2. The standard InChI is InChI=1S/C18H16ClN3O3/c19-16-11(10-8-14-17(21-9-10)20-6-7-25-14)2-1-3-12(16)13-4-5-15(23)22-18(13)24/h1-3,8-9,13H,4-7H2,(H,20,21)(H,22,23,24). The second kappa shape index (κ2) is 6.37. The van der Waals surface area contributed by atoms with Gasteiger partial charge in [-0.05, 0) is 18.1 Å². The number of nitrogens with zero attached hydrogens (tertiary/aromatic N) is 1. The van der Waals surface area contributed by atoms with Crippen molar-refractivity contribution in [1.29, 1.82) is 0 Å². The molecule has 1 fully saturated rings. The molecule has 1 unspecified atom stereocenters. The number of hydrogen-bond acceptors (Lipinski definition) is 5. The predicted molar refractivity (Wildman–Crippen MR) is 93.8 cm³/mol. The molecule has 0 radical (unpaired) electrons. The van der Waals surface area contributed by atoms with Crippen LogP contribution in [0.25, 0.3) is 11.1 Å². The molecule has 2 amide bonds. The van der Waals surface area contributed by atoms with Crippen LogP contribution in [0.2, 0.25) is 5.02 Å². The van der Waals surface area contributed by atoms with Crippen LogP contribution >= 0.6 is 11.6 Å². The molecular weight excluding hydrogens is 342 g/mol. The van der Waals surface area contributed by atoms with Gasteiger partial charge in [-0.15, -0.1) is 0 Å². The van der Waals surface area contributed by atoms with Gasteiger partial charge in [0.15, 0.2) is 11.6 Å². The monoisotopic (exact) mass is 357 g/mol. The number of nitrogens with one attached hydrogen (secondary N) is 2. The van der Waals surface area contributed by atoms with Crippen molar-refractivity contribution >= 4 is 29.2 Å². The summed E-state index contributed by atoms with van der Waals surface area (Å²) >= 11 is 6.61. The van der Waals surface area contributed by atoms with E-state index in [-0.39, 0.29) is 11.8 Å². The zero-order valence-corrected chi connectivity index (χ0v) is 14.1. The molecule has 1 atom stereocenters. The lowest BCUT2D eigenvalue weighted by atomic mass is 9.88.